The van der Waals surface area contributed by atoms with Gasteiger partial charge in [-0.1, -0.05) is 42.9 Å². The van der Waals surface area contributed by atoms with Gasteiger partial charge in [0.2, 0.25) is 5.13 Å². The molecule has 1 N–H and O–H groups in total. The number of hydrogen-bond acceptors (Lipinski definition) is 4. The first-order valence-corrected chi connectivity index (χ1v) is 7.69. The summed E-state index contributed by atoms with van der Waals surface area (Å²) in [5.74, 6) is 0.223. The van der Waals surface area contributed by atoms with Gasteiger partial charge in [-0.3, -0.25) is 0 Å². The number of halogens is 2. The molecule has 20 heavy (non-hydrogen) atoms. The zero-order valence-electron chi connectivity index (χ0n) is 11.7. The summed E-state index contributed by atoms with van der Waals surface area (Å²) in [5, 5.41) is 13.7. The minimum atomic E-state index is -0.332. The Morgan fingerprint density at radius 2 is 2.05 bits per heavy atom. The van der Waals surface area contributed by atoms with E-state index in [2.05, 4.69) is 29.4 Å². The van der Waals surface area contributed by atoms with Crippen LogP contribution < -0.4 is 5.32 Å². The first-order valence-electron chi connectivity index (χ1n) is 6.49. The van der Waals surface area contributed by atoms with Crippen molar-refractivity contribution < 1.29 is 4.39 Å². The Balaban J connectivity index is 2.07. The lowest BCUT2D eigenvalue weighted by Crippen LogP contribution is -2.07. The Morgan fingerprint density at radius 1 is 1.30 bits per heavy atom. The number of aromatic nitrogens is 2. The predicted octanol–water partition coefficient (Wildman–Crippen LogP) is 4.70. The van der Waals surface area contributed by atoms with Crippen LogP contribution in [0.3, 0.4) is 0 Å². The fourth-order valence-electron chi connectivity index (χ4n) is 1.86. The highest BCUT2D eigenvalue weighted by Gasteiger charge is 2.13. The molecular weight excluding hydrogens is 297 g/mol. The summed E-state index contributed by atoms with van der Waals surface area (Å²) < 4.78 is 13.0. The van der Waals surface area contributed by atoms with Crippen molar-refractivity contribution in [3.8, 4) is 0 Å². The topological polar surface area (TPSA) is 37.8 Å². The summed E-state index contributed by atoms with van der Waals surface area (Å²) in [6.07, 6.45) is 0.922. The number of benzene rings is 1. The second kappa shape index (κ2) is 6.50. The van der Waals surface area contributed by atoms with Crippen molar-refractivity contribution in [1.82, 2.24) is 10.2 Å². The molecule has 6 heteroatoms. The third-order valence-corrected chi connectivity index (χ3v) is 4.02. The molecule has 2 aromatic rings. The van der Waals surface area contributed by atoms with Gasteiger partial charge in [-0.2, -0.15) is 0 Å². The van der Waals surface area contributed by atoms with Crippen LogP contribution in [-0.2, 0) is 6.42 Å². The maximum Gasteiger partial charge on any atom is 0.206 e. The molecule has 2 rings (SSSR count). The minimum Gasteiger partial charge on any atom is -0.354 e. The number of hydrogen-bond donors (Lipinski definition) is 1. The Bertz CT molecular complexity index is 586. The molecule has 0 fully saturated rings. The molecule has 0 aliphatic rings. The van der Waals surface area contributed by atoms with Gasteiger partial charge in [0, 0.05) is 11.4 Å². The van der Waals surface area contributed by atoms with Gasteiger partial charge < -0.3 is 5.32 Å². The van der Waals surface area contributed by atoms with E-state index in [0.717, 1.165) is 22.1 Å². The van der Waals surface area contributed by atoms with E-state index in [1.54, 1.807) is 17.4 Å². The van der Waals surface area contributed by atoms with Gasteiger partial charge in [-0.25, -0.2) is 4.39 Å². The van der Waals surface area contributed by atoms with Crippen LogP contribution in [0.1, 0.15) is 37.4 Å². The Morgan fingerprint density at radius 3 is 2.70 bits per heavy atom. The molecule has 0 radical (unpaired) electrons. The van der Waals surface area contributed by atoms with E-state index in [4.69, 9.17) is 11.6 Å². The van der Waals surface area contributed by atoms with Crippen molar-refractivity contribution in [3.63, 3.8) is 0 Å². The smallest absolute Gasteiger partial charge is 0.206 e. The van der Waals surface area contributed by atoms with E-state index in [1.165, 1.54) is 12.1 Å². The van der Waals surface area contributed by atoms with E-state index < -0.39 is 0 Å². The lowest BCUT2D eigenvalue weighted by molar-refractivity contribution is 0.626. The van der Waals surface area contributed by atoms with Crippen molar-refractivity contribution >= 4 is 28.1 Å². The van der Waals surface area contributed by atoms with E-state index >= 15 is 0 Å². The number of rotatable bonds is 5. The Kier molecular flexibility index (Phi) is 4.94. The van der Waals surface area contributed by atoms with Crippen LogP contribution in [0.25, 0.3) is 0 Å². The maximum absolute atomic E-state index is 13.0. The van der Waals surface area contributed by atoms with E-state index in [-0.39, 0.29) is 11.9 Å². The molecule has 0 saturated heterocycles. The van der Waals surface area contributed by atoms with Gasteiger partial charge in [-0.15, -0.1) is 10.2 Å². The zero-order chi connectivity index (χ0) is 14.7. The molecule has 1 aromatic heterocycles. The van der Waals surface area contributed by atoms with E-state index in [1.807, 2.05) is 6.92 Å². The predicted molar refractivity (Wildman–Crippen MR) is 81.9 cm³/mol. The lowest BCUT2D eigenvalue weighted by Gasteiger charge is -2.14. The van der Waals surface area contributed by atoms with E-state index in [9.17, 15) is 4.39 Å². The summed E-state index contributed by atoms with van der Waals surface area (Å²) in [6.45, 7) is 6.26. The molecule has 0 spiro atoms. The van der Waals surface area contributed by atoms with Crippen LogP contribution in [-0.4, -0.2) is 10.2 Å². The monoisotopic (exact) mass is 313 g/mol. The Labute approximate surface area is 127 Å². The molecule has 1 heterocycles. The Hall–Kier alpha value is -1.20. The van der Waals surface area contributed by atoms with Gasteiger partial charge in [0.1, 0.15) is 10.8 Å². The second-order valence-electron chi connectivity index (χ2n) is 5.13. The highest BCUT2D eigenvalue weighted by Crippen LogP contribution is 2.28. The van der Waals surface area contributed by atoms with Gasteiger partial charge in [0.05, 0.1) is 6.04 Å². The highest BCUT2D eigenvalue weighted by molar-refractivity contribution is 7.15. The largest absolute Gasteiger partial charge is 0.354 e. The maximum atomic E-state index is 13.0. The van der Waals surface area contributed by atoms with Crippen LogP contribution in [0.15, 0.2) is 18.2 Å². The molecule has 0 aliphatic heterocycles. The summed E-state index contributed by atoms with van der Waals surface area (Å²) in [7, 11) is 0. The van der Waals surface area contributed by atoms with Gasteiger partial charge in [0.25, 0.3) is 0 Å². The number of anilines is 1. The van der Waals surface area contributed by atoms with Crippen molar-refractivity contribution in [1.29, 1.82) is 0 Å². The quantitative estimate of drug-likeness (QED) is 0.869. The molecule has 1 atom stereocenters. The van der Waals surface area contributed by atoms with E-state index in [0.29, 0.717) is 10.9 Å². The van der Waals surface area contributed by atoms with Crippen LogP contribution in [0, 0.1) is 11.7 Å². The third kappa shape index (κ3) is 3.90. The normalized spacial score (nSPS) is 12.7. The zero-order valence-corrected chi connectivity index (χ0v) is 13.2. The minimum absolute atomic E-state index is 0.0528. The van der Waals surface area contributed by atoms with Crippen molar-refractivity contribution in [2.24, 2.45) is 5.92 Å². The molecule has 3 nitrogen and oxygen atoms in total. The van der Waals surface area contributed by atoms with Gasteiger partial charge >= 0.3 is 0 Å². The van der Waals surface area contributed by atoms with Crippen LogP contribution in [0.2, 0.25) is 5.02 Å². The highest BCUT2D eigenvalue weighted by atomic mass is 35.5. The first kappa shape index (κ1) is 15.2. The standard InChI is InChI=1S/C14H17ClFN3S/c1-8(2)6-13-18-19-14(20-13)17-9(3)11-5-4-10(16)7-12(11)15/h4-5,7-9H,6H2,1-3H3,(H,17,19). The van der Waals surface area contributed by atoms with Gasteiger partial charge in [0.15, 0.2) is 0 Å². The van der Waals surface area contributed by atoms with Gasteiger partial charge in [-0.05, 0) is 30.5 Å². The second-order valence-corrected chi connectivity index (χ2v) is 6.60. The molecule has 108 valence electrons. The molecule has 0 saturated carbocycles. The average Bonchev–Trinajstić information content (AvgIpc) is 2.75. The fraction of sp³-hybridized carbons (Fsp3) is 0.429. The van der Waals surface area contributed by atoms with Crippen LogP contribution in [0.5, 0.6) is 0 Å². The summed E-state index contributed by atoms with van der Waals surface area (Å²) >= 11 is 7.59. The molecule has 0 amide bonds. The molecule has 1 unspecified atom stereocenters. The fourth-order valence-corrected chi connectivity index (χ4v) is 3.23. The molecule has 0 aliphatic carbocycles. The SMILES string of the molecule is CC(C)Cc1nnc(NC(C)c2ccc(F)cc2Cl)s1. The van der Waals surface area contributed by atoms with Crippen LogP contribution in [0.4, 0.5) is 9.52 Å². The molecular formula is C14H17ClFN3S. The first-order chi connectivity index (χ1) is 9.45. The number of nitrogens with one attached hydrogen (secondary N) is 1. The average molecular weight is 314 g/mol. The summed E-state index contributed by atoms with van der Waals surface area (Å²) in [5.41, 5.74) is 0.841. The van der Waals surface area contributed by atoms with Crippen molar-refractivity contribution in [2.75, 3.05) is 5.32 Å². The van der Waals surface area contributed by atoms with Crippen LogP contribution >= 0.6 is 22.9 Å². The third-order valence-electron chi connectivity index (χ3n) is 2.82. The number of nitrogens with zero attached hydrogens (tertiary/aromatic N) is 2. The summed E-state index contributed by atoms with van der Waals surface area (Å²) in [4.78, 5) is 0. The summed E-state index contributed by atoms with van der Waals surface area (Å²) in [6, 6.07) is 4.36. The molecule has 1 aromatic carbocycles. The van der Waals surface area contributed by atoms with Crippen molar-refractivity contribution in [3.05, 3.63) is 39.6 Å². The lowest BCUT2D eigenvalue weighted by atomic mass is 10.1. The van der Waals surface area contributed by atoms with Crippen molar-refractivity contribution in [2.45, 2.75) is 33.2 Å². The molecule has 0 bridgehead atoms.